The zero-order valence-electron chi connectivity index (χ0n) is 14.0. The lowest BCUT2D eigenvalue weighted by Crippen LogP contribution is -2.09. The number of halogens is 4. The van der Waals surface area contributed by atoms with Gasteiger partial charge in [0.25, 0.3) is 0 Å². The van der Waals surface area contributed by atoms with Crippen LogP contribution in [0.25, 0.3) is 33.5 Å². The van der Waals surface area contributed by atoms with Crippen LogP contribution in [0, 0.1) is 5.82 Å². The summed E-state index contributed by atoms with van der Waals surface area (Å²) in [6.07, 6.45) is 3.09. The molecule has 0 bridgehead atoms. The van der Waals surface area contributed by atoms with Gasteiger partial charge in [-0.05, 0) is 6.07 Å². The maximum Gasteiger partial charge on any atom is 0.303 e. The fourth-order valence-corrected chi connectivity index (χ4v) is 3.06. The van der Waals surface area contributed by atoms with Gasteiger partial charge in [0.2, 0.25) is 5.82 Å². The molecule has 0 saturated heterocycles. The summed E-state index contributed by atoms with van der Waals surface area (Å²) < 4.78 is 46.9. The molecule has 0 amide bonds. The van der Waals surface area contributed by atoms with Crippen molar-refractivity contribution < 1.29 is 17.9 Å². The number of nitrogens with one attached hydrogen (secondary N) is 3. The lowest BCUT2D eigenvalue weighted by molar-refractivity contribution is 0.00813. The highest BCUT2D eigenvalue weighted by Crippen LogP contribution is 2.42. The molecule has 0 unspecified atom stereocenters. The molecule has 27 heavy (non-hydrogen) atoms. The van der Waals surface area contributed by atoms with Gasteiger partial charge in [-0.1, -0.05) is 11.6 Å². The average Bonchev–Trinajstić information content (AvgIpc) is 3.35. The van der Waals surface area contributed by atoms with E-state index in [1.54, 1.807) is 12.3 Å². The minimum absolute atomic E-state index is 0.0217. The largest absolute Gasteiger partial charge is 0.495 e. The van der Waals surface area contributed by atoms with E-state index in [2.05, 4.69) is 30.4 Å². The molecule has 3 N–H and O–H groups in total. The fraction of sp³-hybridized carbons (Fsp3) is 0.188. The van der Waals surface area contributed by atoms with E-state index < -0.39 is 17.6 Å². The van der Waals surface area contributed by atoms with Crippen LogP contribution in [-0.4, -0.2) is 37.5 Å². The number of H-pyrrole nitrogens is 3. The molecule has 0 atom stereocenters. The van der Waals surface area contributed by atoms with E-state index in [-0.39, 0.29) is 27.8 Å². The van der Waals surface area contributed by atoms with E-state index in [9.17, 15) is 13.2 Å². The van der Waals surface area contributed by atoms with Gasteiger partial charge in [0.15, 0.2) is 11.6 Å². The Morgan fingerprint density at radius 2 is 2.00 bits per heavy atom. The smallest absolute Gasteiger partial charge is 0.303 e. The van der Waals surface area contributed by atoms with Crippen molar-refractivity contribution in [1.29, 1.82) is 0 Å². The number of benzene rings is 1. The van der Waals surface area contributed by atoms with Crippen LogP contribution in [0.4, 0.5) is 13.2 Å². The van der Waals surface area contributed by atoms with Crippen LogP contribution in [0.5, 0.6) is 5.75 Å². The number of rotatable bonds is 4. The number of methoxy groups -OCH3 is 1. The third kappa shape index (κ3) is 2.72. The van der Waals surface area contributed by atoms with Gasteiger partial charge in [0.1, 0.15) is 10.8 Å². The zero-order chi connectivity index (χ0) is 19.3. The molecule has 0 radical (unpaired) electrons. The van der Waals surface area contributed by atoms with Crippen LogP contribution in [0.2, 0.25) is 5.02 Å². The number of nitrogens with zero attached hydrogens (tertiary/aromatic N) is 3. The number of hydrogen-bond acceptors (Lipinski definition) is 4. The maximum absolute atomic E-state index is 14.8. The molecule has 0 aliphatic carbocycles. The van der Waals surface area contributed by atoms with Crippen LogP contribution in [-0.2, 0) is 5.92 Å². The zero-order valence-corrected chi connectivity index (χ0v) is 14.7. The van der Waals surface area contributed by atoms with Crippen LogP contribution in [0.3, 0.4) is 0 Å². The van der Waals surface area contributed by atoms with E-state index in [1.807, 2.05) is 0 Å². The highest BCUT2D eigenvalue weighted by molar-refractivity contribution is 6.33. The van der Waals surface area contributed by atoms with Gasteiger partial charge in [-0.15, -0.1) is 10.2 Å². The normalized spacial score (nSPS) is 12.1. The lowest BCUT2D eigenvalue weighted by atomic mass is 10.0. The molecular weight excluding hydrogens is 385 g/mol. The summed E-state index contributed by atoms with van der Waals surface area (Å²) in [5, 5.41) is 14.0. The summed E-state index contributed by atoms with van der Waals surface area (Å²) >= 11 is 6.00. The Balaban J connectivity index is 2.04. The molecule has 0 saturated carbocycles. The van der Waals surface area contributed by atoms with E-state index in [0.29, 0.717) is 23.4 Å². The highest BCUT2D eigenvalue weighted by Gasteiger charge is 2.31. The predicted molar refractivity (Wildman–Crippen MR) is 92.3 cm³/mol. The van der Waals surface area contributed by atoms with Crippen molar-refractivity contribution in [3.8, 4) is 28.4 Å². The van der Waals surface area contributed by atoms with E-state index >= 15 is 0 Å². The number of alkyl halides is 2. The van der Waals surface area contributed by atoms with Crippen molar-refractivity contribution in [2.45, 2.75) is 12.8 Å². The molecule has 11 heteroatoms. The summed E-state index contributed by atoms with van der Waals surface area (Å²) in [7, 11) is 1.36. The van der Waals surface area contributed by atoms with Crippen molar-refractivity contribution in [1.82, 2.24) is 30.4 Å². The molecule has 1 aromatic carbocycles. The van der Waals surface area contributed by atoms with Crippen molar-refractivity contribution in [2.75, 3.05) is 7.11 Å². The molecule has 4 rings (SSSR count). The minimum atomic E-state index is -3.20. The van der Waals surface area contributed by atoms with Crippen LogP contribution in [0.15, 0.2) is 18.5 Å². The summed E-state index contributed by atoms with van der Waals surface area (Å²) in [6, 6.07) is 1.55. The third-order valence-corrected chi connectivity index (χ3v) is 4.44. The van der Waals surface area contributed by atoms with Gasteiger partial charge in [-0.25, -0.2) is 4.39 Å². The molecule has 140 valence electrons. The number of hydrogen-bond donors (Lipinski definition) is 3. The Kier molecular flexibility index (Phi) is 3.88. The second-order valence-corrected chi connectivity index (χ2v) is 6.28. The van der Waals surface area contributed by atoms with Crippen molar-refractivity contribution in [2.24, 2.45) is 0 Å². The van der Waals surface area contributed by atoms with Crippen molar-refractivity contribution >= 4 is 22.5 Å². The molecule has 0 spiro atoms. The molecule has 7 nitrogen and oxygen atoms in total. The number of aromatic nitrogens is 6. The maximum atomic E-state index is 14.8. The topological polar surface area (TPSA) is 95.3 Å². The average molecular weight is 397 g/mol. The summed E-state index contributed by atoms with van der Waals surface area (Å²) in [4.78, 5) is 5.33. The Labute approximate surface area is 154 Å². The van der Waals surface area contributed by atoms with E-state index in [0.717, 1.165) is 0 Å². The summed E-state index contributed by atoms with van der Waals surface area (Å²) in [5.41, 5.74) is 1.40. The Morgan fingerprint density at radius 3 is 2.59 bits per heavy atom. The SMILES string of the molecule is COc1cc2c(-c3cn[nH]c3)c(-c3nnc(C(C)(F)F)[nH]3)[nH]c2c(F)c1Cl. The minimum Gasteiger partial charge on any atom is -0.495 e. The van der Waals surface area contributed by atoms with Crippen LogP contribution >= 0.6 is 11.6 Å². The molecule has 3 aromatic heterocycles. The molecule has 0 aliphatic rings. The fourth-order valence-electron chi connectivity index (χ4n) is 2.83. The Morgan fingerprint density at radius 1 is 1.22 bits per heavy atom. The van der Waals surface area contributed by atoms with Gasteiger partial charge in [0.05, 0.1) is 24.5 Å². The van der Waals surface area contributed by atoms with Gasteiger partial charge in [-0.2, -0.15) is 13.9 Å². The quantitative estimate of drug-likeness (QED) is 0.480. The monoisotopic (exact) mass is 396 g/mol. The highest BCUT2D eigenvalue weighted by atomic mass is 35.5. The summed E-state index contributed by atoms with van der Waals surface area (Å²) in [5.74, 6) is -4.39. The molecule has 4 aromatic rings. The Bertz CT molecular complexity index is 1130. The number of fused-ring (bicyclic) bond motifs is 1. The molecular formula is C16H12ClF3N6O. The molecule has 3 heterocycles. The number of ether oxygens (including phenoxy) is 1. The molecule has 0 aliphatic heterocycles. The second kappa shape index (κ2) is 6.02. The summed E-state index contributed by atoms with van der Waals surface area (Å²) in [6.45, 7) is 0.698. The first-order valence-electron chi connectivity index (χ1n) is 7.69. The standard InChI is InChI=1S/C16H12ClF3N6O/c1-16(19,20)15-24-14(25-26-15)13-9(6-4-21-22-5-6)7-3-8(27-2)10(17)11(18)12(7)23-13/h3-5,23H,1-2H3,(H,21,22)(H,24,25,26). The van der Waals surface area contributed by atoms with Crippen molar-refractivity contribution in [3.05, 3.63) is 35.1 Å². The van der Waals surface area contributed by atoms with E-state index in [4.69, 9.17) is 16.3 Å². The Hall–Kier alpha value is -3.01. The molecule has 0 fully saturated rings. The second-order valence-electron chi connectivity index (χ2n) is 5.90. The van der Waals surface area contributed by atoms with Crippen LogP contribution in [0.1, 0.15) is 12.7 Å². The lowest BCUT2D eigenvalue weighted by Gasteiger charge is -2.05. The van der Waals surface area contributed by atoms with Gasteiger partial charge >= 0.3 is 5.92 Å². The van der Waals surface area contributed by atoms with Gasteiger partial charge < -0.3 is 14.7 Å². The first kappa shape index (κ1) is 17.4. The van der Waals surface area contributed by atoms with Crippen LogP contribution < -0.4 is 4.74 Å². The van der Waals surface area contributed by atoms with E-state index in [1.165, 1.54) is 13.3 Å². The first-order valence-corrected chi connectivity index (χ1v) is 8.07. The van der Waals surface area contributed by atoms with Gasteiger partial charge in [0, 0.05) is 29.6 Å². The number of aromatic amines is 3. The first-order chi connectivity index (χ1) is 12.8. The third-order valence-electron chi connectivity index (χ3n) is 4.09. The van der Waals surface area contributed by atoms with Gasteiger partial charge in [-0.3, -0.25) is 5.10 Å². The predicted octanol–water partition coefficient (Wildman–Crippen LogP) is 4.26. The van der Waals surface area contributed by atoms with Crippen molar-refractivity contribution in [3.63, 3.8) is 0 Å².